The molecule has 2 aromatic rings. The van der Waals surface area contributed by atoms with Crippen molar-refractivity contribution >= 4 is 23.6 Å². The number of amides is 1. The highest BCUT2D eigenvalue weighted by Crippen LogP contribution is 2.30. The molecule has 0 fully saturated rings. The average molecular weight is 478 g/mol. The Kier molecular flexibility index (Phi) is 11.0. The summed E-state index contributed by atoms with van der Waals surface area (Å²) in [7, 11) is 3.11. The standard InChI is InChI=1S/C25H32FNO5S/c1-5-32-24(28)17-33-13-12-27(11-7-9-19-8-6-10-21(26)14-19)25(29)20-15-22(30-3)18(2)23(16-20)31-4/h6,8,10,14-16H,5,7,9,11-13,17H2,1-4H3. The number of carbonyl (C=O) groups is 2. The van der Waals surface area contributed by atoms with Gasteiger partial charge in [-0.3, -0.25) is 9.59 Å². The van der Waals surface area contributed by atoms with Gasteiger partial charge < -0.3 is 19.1 Å². The van der Waals surface area contributed by atoms with Crippen molar-refractivity contribution in [3.05, 3.63) is 58.9 Å². The van der Waals surface area contributed by atoms with Crippen LogP contribution in [0.15, 0.2) is 36.4 Å². The van der Waals surface area contributed by atoms with Gasteiger partial charge in [-0.1, -0.05) is 12.1 Å². The first-order valence-electron chi connectivity index (χ1n) is 10.9. The maximum absolute atomic E-state index is 13.5. The van der Waals surface area contributed by atoms with Crippen LogP contribution in [-0.4, -0.2) is 62.2 Å². The highest BCUT2D eigenvalue weighted by molar-refractivity contribution is 7.99. The van der Waals surface area contributed by atoms with Gasteiger partial charge in [0.05, 0.1) is 26.6 Å². The summed E-state index contributed by atoms with van der Waals surface area (Å²) in [6, 6.07) is 9.91. The second kappa shape index (κ2) is 13.7. The van der Waals surface area contributed by atoms with Crippen LogP contribution in [0.4, 0.5) is 4.39 Å². The Bertz CT molecular complexity index is 912. The highest BCUT2D eigenvalue weighted by Gasteiger charge is 2.19. The molecule has 0 aliphatic heterocycles. The first-order valence-corrected chi connectivity index (χ1v) is 12.0. The van der Waals surface area contributed by atoms with Gasteiger partial charge in [-0.15, -0.1) is 11.8 Å². The van der Waals surface area contributed by atoms with Crippen molar-refractivity contribution in [3.8, 4) is 11.5 Å². The molecule has 0 saturated heterocycles. The maximum atomic E-state index is 13.5. The van der Waals surface area contributed by atoms with Gasteiger partial charge in [0.15, 0.2) is 0 Å². The van der Waals surface area contributed by atoms with Crippen LogP contribution in [0.1, 0.15) is 34.8 Å². The van der Waals surface area contributed by atoms with Crippen molar-refractivity contribution in [3.63, 3.8) is 0 Å². The molecular weight excluding hydrogens is 445 g/mol. The minimum absolute atomic E-state index is 0.150. The van der Waals surface area contributed by atoms with Gasteiger partial charge in [-0.05, 0) is 56.5 Å². The molecule has 180 valence electrons. The lowest BCUT2D eigenvalue weighted by Crippen LogP contribution is -2.34. The molecular formula is C25H32FNO5S. The van der Waals surface area contributed by atoms with E-state index in [9.17, 15) is 14.0 Å². The summed E-state index contributed by atoms with van der Waals surface area (Å²) in [5.41, 5.74) is 2.17. The highest BCUT2D eigenvalue weighted by atomic mass is 32.2. The number of hydrogen-bond acceptors (Lipinski definition) is 6. The van der Waals surface area contributed by atoms with Crippen LogP contribution < -0.4 is 9.47 Å². The molecule has 8 heteroatoms. The molecule has 0 N–H and O–H groups in total. The van der Waals surface area contributed by atoms with Crippen LogP contribution in [0, 0.1) is 12.7 Å². The lowest BCUT2D eigenvalue weighted by Gasteiger charge is -2.24. The number of halogens is 1. The fourth-order valence-electron chi connectivity index (χ4n) is 3.41. The number of esters is 1. The number of rotatable bonds is 13. The lowest BCUT2D eigenvalue weighted by atomic mass is 10.1. The quantitative estimate of drug-likeness (QED) is 0.312. The summed E-state index contributed by atoms with van der Waals surface area (Å²) in [5.74, 6) is 1.30. The van der Waals surface area contributed by atoms with Crippen molar-refractivity contribution in [2.45, 2.75) is 26.7 Å². The molecule has 0 aromatic heterocycles. The maximum Gasteiger partial charge on any atom is 0.315 e. The Morgan fingerprint density at radius 3 is 2.36 bits per heavy atom. The van der Waals surface area contributed by atoms with Crippen LogP contribution in [0.3, 0.4) is 0 Å². The Balaban J connectivity index is 2.11. The van der Waals surface area contributed by atoms with E-state index in [1.165, 1.54) is 23.9 Å². The first kappa shape index (κ1) is 26.5. The largest absolute Gasteiger partial charge is 0.496 e. The van der Waals surface area contributed by atoms with Crippen LogP contribution in [0.2, 0.25) is 0 Å². The summed E-state index contributed by atoms with van der Waals surface area (Å²) in [4.78, 5) is 26.7. The van der Waals surface area contributed by atoms with Gasteiger partial charge in [0, 0.05) is 30.0 Å². The number of methoxy groups -OCH3 is 2. The molecule has 0 aliphatic carbocycles. The Morgan fingerprint density at radius 2 is 1.76 bits per heavy atom. The number of ether oxygens (including phenoxy) is 3. The van der Waals surface area contributed by atoms with Crippen molar-refractivity contribution in [1.82, 2.24) is 4.90 Å². The molecule has 2 rings (SSSR count). The molecule has 6 nitrogen and oxygen atoms in total. The third kappa shape index (κ3) is 8.28. The van der Waals surface area contributed by atoms with E-state index in [0.717, 1.165) is 11.1 Å². The SMILES string of the molecule is CCOC(=O)CSCCN(CCCc1cccc(F)c1)C(=O)c1cc(OC)c(C)c(OC)c1. The van der Waals surface area contributed by atoms with E-state index < -0.39 is 0 Å². The topological polar surface area (TPSA) is 65.1 Å². The van der Waals surface area contributed by atoms with E-state index in [0.29, 0.717) is 55.4 Å². The zero-order chi connectivity index (χ0) is 24.2. The second-order valence-corrected chi connectivity index (χ2v) is 8.49. The summed E-state index contributed by atoms with van der Waals surface area (Å²) < 4.78 is 29.3. The zero-order valence-corrected chi connectivity index (χ0v) is 20.5. The van der Waals surface area contributed by atoms with Crippen LogP contribution in [-0.2, 0) is 16.0 Å². The molecule has 2 aromatic carbocycles. The van der Waals surface area contributed by atoms with E-state index in [1.54, 1.807) is 44.2 Å². The van der Waals surface area contributed by atoms with E-state index >= 15 is 0 Å². The minimum Gasteiger partial charge on any atom is -0.496 e. The van der Waals surface area contributed by atoms with Gasteiger partial charge >= 0.3 is 5.97 Å². The predicted molar refractivity (Wildman–Crippen MR) is 129 cm³/mol. The molecule has 0 aliphatic rings. The van der Waals surface area contributed by atoms with Crippen LogP contribution in [0.25, 0.3) is 0 Å². The van der Waals surface area contributed by atoms with Gasteiger partial charge in [-0.25, -0.2) is 4.39 Å². The van der Waals surface area contributed by atoms with Gasteiger partial charge in [0.1, 0.15) is 17.3 Å². The smallest absolute Gasteiger partial charge is 0.315 e. The number of thioether (sulfide) groups is 1. The average Bonchev–Trinajstić information content (AvgIpc) is 2.80. The molecule has 0 unspecified atom stereocenters. The van der Waals surface area contributed by atoms with E-state index in [2.05, 4.69) is 0 Å². The summed E-state index contributed by atoms with van der Waals surface area (Å²) in [6.45, 7) is 4.94. The predicted octanol–water partition coefficient (Wildman–Crippen LogP) is 4.52. The number of aryl methyl sites for hydroxylation is 1. The zero-order valence-electron chi connectivity index (χ0n) is 19.7. The Morgan fingerprint density at radius 1 is 1.06 bits per heavy atom. The minimum atomic E-state index is -0.269. The molecule has 1 amide bonds. The molecule has 0 atom stereocenters. The lowest BCUT2D eigenvalue weighted by molar-refractivity contribution is -0.139. The number of nitrogens with zero attached hydrogens (tertiary/aromatic N) is 1. The fourth-order valence-corrected chi connectivity index (χ4v) is 4.15. The van der Waals surface area contributed by atoms with E-state index in [4.69, 9.17) is 14.2 Å². The molecule has 0 radical (unpaired) electrons. The third-order valence-electron chi connectivity index (χ3n) is 5.10. The Labute approximate surface area is 199 Å². The monoisotopic (exact) mass is 477 g/mol. The fraction of sp³-hybridized carbons (Fsp3) is 0.440. The van der Waals surface area contributed by atoms with Crippen molar-refractivity contribution in [2.24, 2.45) is 0 Å². The number of hydrogen-bond donors (Lipinski definition) is 0. The molecule has 0 saturated carbocycles. The Hall–Kier alpha value is -2.74. The normalized spacial score (nSPS) is 10.6. The second-order valence-electron chi connectivity index (χ2n) is 7.39. The van der Waals surface area contributed by atoms with Crippen molar-refractivity contribution in [2.75, 3.05) is 45.4 Å². The van der Waals surface area contributed by atoms with E-state index in [1.807, 2.05) is 13.0 Å². The van der Waals surface area contributed by atoms with Crippen molar-refractivity contribution < 1.29 is 28.2 Å². The summed E-state index contributed by atoms with van der Waals surface area (Å²) in [6.07, 6.45) is 1.33. The summed E-state index contributed by atoms with van der Waals surface area (Å²) >= 11 is 1.42. The number of carbonyl (C=O) groups excluding carboxylic acids is 2. The van der Waals surface area contributed by atoms with Gasteiger partial charge in [0.25, 0.3) is 5.91 Å². The molecule has 0 spiro atoms. The van der Waals surface area contributed by atoms with Crippen LogP contribution >= 0.6 is 11.8 Å². The first-order chi connectivity index (χ1) is 15.9. The third-order valence-corrected chi connectivity index (χ3v) is 6.01. The molecule has 0 bridgehead atoms. The van der Waals surface area contributed by atoms with E-state index in [-0.39, 0.29) is 23.4 Å². The van der Waals surface area contributed by atoms with Gasteiger partial charge in [0.2, 0.25) is 0 Å². The van der Waals surface area contributed by atoms with Crippen molar-refractivity contribution in [1.29, 1.82) is 0 Å². The molecule has 0 heterocycles. The van der Waals surface area contributed by atoms with Gasteiger partial charge in [-0.2, -0.15) is 0 Å². The summed E-state index contributed by atoms with van der Waals surface area (Å²) in [5, 5.41) is 0. The van der Waals surface area contributed by atoms with Crippen LogP contribution in [0.5, 0.6) is 11.5 Å². The molecule has 33 heavy (non-hydrogen) atoms. The number of benzene rings is 2.